The van der Waals surface area contributed by atoms with Crippen LogP contribution < -0.4 is 5.32 Å². The van der Waals surface area contributed by atoms with Gasteiger partial charge in [0.15, 0.2) is 0 Å². The van der Waals surface area contributed by atoms with Crippen LogP contribution in [-0.4, -0.2) is 46.4 Å². The van der Waals surface area contributed by atoms with Crippen LogP contribution in [-0.2, 0) is 10.1 Å². The van der Waals surface area contributed by atoms with Gasteiger partial charge in [0.05, 0.1) is 11.4 Å². The second kappa shape index (κ2) is 5.86. The average molecular weight is 334 g/mol. The zero-order valence-electron chi connectivity index (χ0n) is 11.9. The number of amides is 1. The highest BCUT2D eigenvalue weighted by Gasteiger charge is 2.11. The van der Waals surface area contributed by atoms with Crippen molar-refractivity contribution in [3.63, 3.8) is 0 Å². The monoisotopic (exact) mass is 334 g/mol. The molecule has 2 aromatic heterocycles. The molecule has 0 saturated heterocycles. The van der Waals surface area contributed by atoms with Crippen molar-refractivity contribution in [2.45, 2.75) is 0 Å². The predicted octanol–water partition coefficient (Wildman–Crippen LogP) is 1.18. The molecule has 0 spiro atoms. The van der Waals surface area contributed by atoms with Crippen molar-refractivity contribution in [1.82, 2.24) is 20.5 Å². The molecule has 9 heteroatoms. The van der Waals surface area contributed by atoms with E-state index < -0.39 is 21.8 Å². The van der Waals surface area contributed by atoms with E-state index in [-0.39, 0.29) is 6.54 Å². The summed E-state index contributed by atoms with van der Waals surface area (Å²) < 4.78 is 29.9. The van der Waals surface area contributed by atoms with Gasteiger partial charge in [-0.15, -0.1) is 0 Å². The van der Waals surface area contributed by atoms with Gasteiger partial charge in [-0.3, -0.25) is 14.4 Å². The molecule has 0 aliphatic heterocycles. The first-order valence-electron chi connectivity index (χ1n) is 6.79. The third-order valence-corrected chi connectivity index (χ3v) is 4.03. The summed E-state index contributed by atoms with van der Waals surface area (Å²) in [6, 6.07) is 8.80. The molecule has 8 nitrogen and oxygen atoms in total. The fourth-order valence-corrected chi connectivity index (χ4v) is 2.58. The first kappa shape index (κ1) is 15.3. The molecule has 0 fully saturated rings. The number of aromatic amines is 2. The van der Waals surface area contributed by atoms with E-state index in [0.717, 1.165) is 22.3 Å². The van der Waals surface area contributed by atoms with E-state index in [9.17, 15) is 13.2 Å². The summed E-state index contributed by atoms with van der Waals surface area (Å²) in [6.07, 6.45) is 1.72. The Morgan fingerprint density at radius 3 is 2.78 bits per heavy atom. The SMILES string of the molecule is O=C(NCCS(=O)(=O)O)c1ccc2[nH]c(-c3cc[nH]n3)cc2c1. The summed E-state index contributed by atoms with van der Waals surface area (Å²) in [6.45, 7) is -0.151. The van der Waals surface area contributed by atoms with Crippen LogP contribution in [0, 0.1) is 0 Å². The molecule has 0 unspecified atom stereocenters. The Morgan fingerprint density at radius 2 is 2.09 bits per heavy atom. The van der Waals surface area contributed by atoms with Gasteiger partial charge in [0, 0.05) is 29.2 Å². The minimum Gasteiger partial charge on any atom is -0.353 e. The molecular formula is C14H14N4O4S. The summed E-state index contributed by atoms with van der Waals surface area (Å²) in [5.41, 5.74) is 2.85. The van der Waals surface area contributed by atoms with E-state index in [1.54, 1.807) is 24.4 Å². The maximum Gasteiger partial charge on any atom is 0.266 e. The molecule has 0 saturated carbocycles. The maximum atomic E-state index is 12.0. The summed E-state index contributed by atoms with van der Waals surface area (Å²) in [7, 11) is -4.09. The molecular weight excluding hydrogens is 320 g/mol. The van der Waals surface area contributed by atoms with Gasteiger partial charge in [0.1, 0.15) is 5.69 Å². The van der Waals surface area contributed by atoms with Gasteiger partial charge in [0.25, 0.3) is 16.0 Å². The van der Waals surface area contributed by atoms with Crippen molar-refractivity contribution in [1.29, 1.82) is 0 Å². The molecule has 4 N–H and O–H groups in total. The first-order valence-corrected chi connectivity index (χ1v) is 8.39. The minimum absolute atomic E-state index is 0.151. The van der Waals surface area contributed by atoms with E-state index in [2.05, 4.69) is 20.5 Å². The smallest absolute Gasteiger partial charge is 0.266 e. The molecule has 0 aliphatic rings. The number of nitrogens with one attached hydrogen (secondary N) is 3. The second-order valence-corrected chi connectivity index (χ2v) is 6.56. The van der Waals surface area contributed by atoms with Crippen LogP contribution in [0.2, 0.25) is 0 Å². The third-order valence-electron chi connectivity index (χ3n) is 3.31. The van der Waals surface area contributed by atoms with Gasteiger partial charge in [-0.05, 0) is 30.3 Å². The Hall–Kier alpha value is -2.65. The number of H-pyrrole nitrogens is 2. The Kier molecular flexibility index (Phi) is 3.89. The van der Waals surface area contributed by atoms with Gasteiger partial charge in [-0.2, -0.15) is 13.5 Å². The lowest BCUT2D eigenvalue weighted by Gasteiger charge is -2.04. The fraction of sp³-hybridized carbons (Fsp3) is 0.143. The number of fused-ring (bicyclic) bond motifs is 1. The lowest BCUT2D eigenvalue weighted by molar-refractivity contribution is 0.0956. The number of hydrogen-bond acceptors (Lipinski definition) is 4. The number of benzene rings is 1. The van der Waals surface area contributed by atoms with Crippen LogP contribution in [0.4, 0.5) is 0 Å². The molecule has 3 aromatic rings. The highest BCUT2D eigenvalue weighted by Crippen LogP contribution is 2.23. The molecule has 23 heavy (non-hydrogen) atoms. The van der Waals surface area contributed by atoms with Crippen LogP contribution in [0.3, 0.4) is 0 Å². The van der Waals surface area contributed by atoms with Crippen LogP contribution in [0.5, 0.6) is 0 Å². The molecule has 120 valence electrons. The van der Waals surface area contributed by atoms with E-state index in [0.29, 0.717) is 5.56 Å². The highest BCUT2D eigenvalue weighted by molar-refractivity contribution is 7.85. The number of rotatable bonds is 5. The molecule has 1 amide bonds. The first-order chi connectivity index (χ1) is 10.9. The number of hydrogen-bond donors (Lipinski definition) is 4. The molecule has 0 atom stereocenters. The van der Waals surface area contributed by atoms with Crippen molar-refractivity contribution in [3.8, 4) is 11.4 Å². The van der Waals surface area contributed by atoms with Gasteiger partial charge in [-0.25, -0.2) is 0 Å². The number of nitrogens with zero attached hydrogens (tertiary/aromatic N) is 1. The largest absolute Gasteiger partial charge is 0.353 e. The summed E-state index contributed by atoms with van der Waals surface area (Å²) in [4.78, 5) is 15.2. The second-order valence-electron chi connectivity index (χ2n) is 4.99. The molecule has 2 heterocycles. The van der Waals surface area contributed by atoms with Gasteiger partial charge >= 0.3 is 0 Å². The van der Waals surface area contributed by atoms with Gasteiger partial charge in [-0.1, -0.05) is 0 Å². The van der Waals surface area contributed by atoms with Crippen LogP contribution in [0.15, 0.2) is 36.5 Å². The van der Waals surface area contributed by atoms with E-state index in [1.807, 2.05) is 12.1 Å². The van der Waals surface area contributed by atoms with Crippen molar-refractivity contribution in [2.24, 2.45) is 0 Å². The Labute approximate surface area is 131 Å². The molecule has 0 bridgehead atoms. The number of carbonyl (C=O) groups is 1. The summed E-state index contributed by atoms with van der Waals surface area (Å²) in [5.74, 6) is -0.924. The normalized spacial score (nSPS) is 11.7. The maximum absolute atomic E-state index is 12.0. The van der Waals surface area contributed by atoms with E-state index in [4.69, 9.17) is 4.55 Å². The molecule has 3 rings (SSSR count). The zero-order chi connectivity index (χ0) is 16.4. The highest BCUT2D eigenvalue weighted by atomic mass is 32.2. The van der Waals surface area contributed by atoms with Crippen molar-refractivity contribution >= 4 is 26.9 Å². The van der Waals surface area contributed by atoms with E-state index in [1.165, 1.54) is 0 Å². The third kappa shape index (κ3) is 3.58. The zero-order valence-corrected chi connectivity index (χ0v) is 12.7. The van der Waals surface area contributed by atoms with Crippen LogP contribution in [0.1, 0.15) is 10.4 Å². The molecule has 0 aliphatic carbocycles. The van der Waals surface area contributed by atoms with Crippen molar-refractivity contribution in [3.05, 3.63) is 42.1 Å². The Morgan fingerprint density at radius 1 is 1.26 bits per heavy atom. The predicted molar refractivity (Wildman–Crippen MR) is 84.6 cm³/mol. The van der Waals surface area contributed by atoms with E-state index >= 15 is 0 Å². The van der Waals surface area contributed by atoms with Crippen molar-refractivity contribution < 1.29 is 17.8 Å². The standard InChI is InChI=1S/C14H14N4O4S/c19-14(15-5-6-23(20,21)22)9-1-2-11-10(7-9)8-13(17-11)12-3-4-16-18-12/h1-4,7-8,17H,5-6H2,(H,15,19)(H,16,18)(H,20,21,22). The molecule has 0 radical (unpaired) electrons. The quantitative estimate of drug-likeness (QED) is 0.521. The van der Waals surface area contributed by atoms with Crippen LogP contribution >= 0.6 is 0 Å². The van der Waals surface area contributed by atoms with Crippen LogP contribution in [0.25, 0.3) is 22.3 Å². The molecule has 1 aromatic carbocycles. The van der Waals surface area contributed by atoms with Gasteiger partial charge in [0.2, 0.25) is 0 Å². The minimum atomic E-state index is -4.09. The Balaban J connectivity index is 1.78. The van der Waals surface area contributed by atoms with Gasteiger partial charge < -0.3 is 10.3 Å². The Bertz CT molecular complexity index is 944. The average Bonchev–Trinajstić information content (AvgIpc) is 3.13. The number of aromatic nitrogens is 3. The summed E-state index contributed by atoms with van der Waals surface area (Å²) in [5, 5.41) is 10.1. The number of carbonyl (C=O) groups excluding carboxylic acids is 1. The lowest BCUT2D eigenvalue weighted by atomic mass is 10.1. The topological polar surface area (TPSA) is 128 Å². The lowest BCUT2D eigenvalue weighted by Crippen LogP contribution is -2.28. The van der Waals surface area contributed by atoms with Crippen molar-refractivity contribution in [2.75, 3.05) is 12.3 Å². The summed E-state index contributed by atoms with van der Waals surface area (Å²) >= 11 is 0. The fourth-order valence-electron chi connectivity index (χ4n) is 2.22.